The van der Waals surface area contributed by atoms with Crippen LogP contribution in [0.5, 0.6) is 5.75 Å². The molecule has 0 bridgehead atoms. The van der Waals surface area contributed by atoms with Gasteiger partial charge < -0.3 is 25.3 Å². The van der Waals surface area contributed by atoms with E-state index in [1.54, 1.807) is 24.3 Å². The van der Waals surface area contributed by atoms with Crippen LogP contribution in [-0.2, 0) is 6.61 Å². The van der Waals surface area contributed by atoms with Crippen LogP contribution in [0.3, 0.4) is 0 Å². The van der Waals surface area contributed by atoms with E-state index in [0.717, 1.165) is 41.7 Å². The fourth-order valence-electron chi connectivity index (χ4n) is 4.61. The summed E-state index contributed by atoms with van der Waals surface area (Å²) in [5.74, 6) is 0.642. The minimum absolute atomic E-state index is 0.139. The van der Waals surface area contributed by atoms with E-state index in [2.05, 4.69) is 44.3 Å². The SMILES string of the molecule is CCN(CC)CCNC(=O)c1cc(-c2ccc3ncnc(Nc4ccc(OCc5cccc(F)c5)c(Cl)c4)c3c2)c[nH]1. The van der Waals surface area contributed by atoms with Crippen molar-refractivity contribution < 1.29 is 13.9 Å². The van der Waals surface area contributed by atoms with Crippen molar-refractivity contribution in [3.8, 4) is 16.9 Å². The lowest BCUT2D eigenvalue weighted by molar-refractivity contribution is 0.0944. The lowest BCUT2D eigenvalue weighted by Crippen LogP contribution is -2.34. The van der Waals surface area contributed by atoms with Gasteiger partial charge in [0.15, 0.2) is 0 Å². The lowest BCUT2D eigenvalue weighted by atomic mass is 10.1. The molecule has 42 heavy (non-hydrogen) atoms. The molecule has 0 aliphatic heterocycles. The first-order valence-electron chi connectivity index (χ1n) is 13.8. The molecule has 0 saturated heterocycles. The molecule has 5 aromatic rings. The maximum atomic E-state index is 13.5. The number of aromatic nitrogens is 3. The van der Waals surface area contributed by atoms with E-state index in [-0.39, 0.29) is 18.3 Å². The van der Waals surface area contributed by atoms with Crippen molar-refractivity contribution in [2.75, 3.05) is 31.5 Å². The Labute approximate surface area is 248 Å². The second kappa shape index (κ2) is 13.5. The number of nitrogens with zero attached hydrogens (tertiary/aromatic N) is 3. The highest BCUT2D eigenvalue weighted by Crippen LogP contribution is 2.32. The topological polar surface area (TPSA) is 95.2 Å². The van der Waals surface area contributed by atoms with Gasteiger partial charge >= 0.3 is 0 Å². The molecular formula is C32H32ClFN6O2. The van der Waals surface area contributed by atoms with Crippen LogP contribution < -0.4 is 15.4 Å². The number of fused-ring (bicyclic) bond motifs is 1. The summed E-state index contributed by atoms with van der Waals surface area (Å²) >= 11 is 6.50. The third-order valence-corrected chi connectivity index (χ3v) is 7.28. The average Bonchev–Trinajstić information content (AvgIpc) is 3.50. The maximum absolute atomic E-state index is 13.5. The summed E-state index contributed by atoms with van der Waals surface area (Å²) in [7, 11) is 0. The maximum Gasteiger partial charge on any atom is 0.267 e. The number of hydrogen-bond acceptors (Lipinski definition) is 6. The van der Waals surface area contributed by atoms with Crippen LogP contribution in [0, 0.1) is 5.82 Å². The minimum atomic E-state index is -0.314. The van der Waals surface area contributed by atoms with Gasteiger partial charge in [0.25, 0.3) is 5.91 Å². The molecular weight excluding hydrogens is 555 g/mol. The summed E-state index contributed by atoms with van der Waals surface area (Å²) in [5.41, 5.74) is 4.49. The van der Waals surface area contributed by atoms with E-state index in [1.165, 1.54) is 18.5 Å². The number of aromatic amines is 1. The van der Waals surface area contributed by atoms with E-state index in [0.29, 0.717) is 40.1 Å². The summed E-state index contributed by atoms with van der Waals surface area (Å²) in [5, 5.41) is 7.52. The number of carbonyl (C=O) groups is 1. The molecule has 0 aliphatic rings. The molecule has 1 amide bonds. The molecule has 2 heterocycles. The molecule has 0 spiro atoms. The van der Waals surface area contributed by atoms with Gasteiger partial charge in [0, 0.05) is 30.4 Å². The number of halogens is 2. The van der Waals surface area contributed by atoms with E-state index in [9.17, 15) is 9.18 Å². The van der Waals surface area contributed by atoms with Crippen LogP contribution in [0.2, 0.25) is 5.02 Å². The van der Waals surface area contributed by atoms with Crippen LogP contribution in [-0.4, -0.2) is 51.9 Å². The van der Waals surface area contributed by atoms with Gasteiger partial charge in [-0.05, 0) is 78.3 Å². The van der Waals surface area contributed by atoms with E-state index >= 15 is 0 Å². The smallest absolute Gasteiger partial charge is 0.267 e. The van der Waals surface area contributed by atoms with Crippen molar-refractivity contribution in [3.05, 3.63) is 101 Å². The number of amides is 1. The summed E-state index contributed by atoms with van der Waals surface area (Å²) in [6.07, 6.45) is 3.32. The number of ether oxygens (including phenoxy) is 1. The van der Waals surface area contributed by atoms with E-state index in [4.69, 9.17) is 16.3 Å². The summed E-state index contributed by atoms with van der Waals surface area (Å²) < 4.78 is 19.3. The number of H-pyrrole nitrogens is 1. The summed E-state index contributed by atoms with van der Waals surface area (Å²) in [4.78, 5) is 26.9. The van der Waals surface area contributed by atoms with Crippen LogP contribution in [0.15, 0.2) is 79.3 Å². The van der Waals surface area contributed by atoms with Crippen molar-refractivity contribution in [1.29, 1.82) is 0 Å². The van der Waals surface area contributed by atoms with Crippen LogP contribution in [0.25, 0.3) is 22.0 Å². The van der Waals surface area contributed by atoms with Crippen LogP contribution >= 0.6 is 11.6 Å². The lowest BCUT2D eigenvalue weighted by Gasteiger charge is -2.17. The molecule has 0 fully saturated rings. The molecule has 2 aromatic heterocycles. The highest BCUT2D eigenvalue weighted by molar-refractivity contribution is 6.32. The number of likely N-dealkylation sites (N-methyl/N-ethyl adjacent to an activating group) is 1. The Hall–Kier alpha value is -4.47. The van der Waals surface area contributed by atoms with Gasteiger partial charge in [0.2, 0.25) is 0 Å². The second-order valence-electron chi connectivity index (χ2n) is 9.73. The molecule has 0 saturated carbocycles. The quantitative estimate of drug-likeness (QED) is 0.149. The molecule has 0 atom stereocenters. The first-order chi connectivity index (χ1) is 20.4. The van der Waals surface area contributed by atoms with Crippen molar-refractivity contribution in [3.63, 3.8) is 0 Å². The Morgan fingerprint density at radius 3 is 2.67 bits per heavy atom. The number of rotatable bonds is 12. The molecule has 3 N–H and O–H groups in total. The van der Waals surface area contributed by atoms with Gasteiger partial charge in [-0.1, -0.05) is 43.6 Å². The average molecular weight is 587 g/mol. The highest BCUT2D eigenvalue weighted by Gasteiger charge is 2.13. The zero-order chi connectivity index (χ0) is 29.5. The second-order valence-corrected chi connectivity index (χ2v) is 10.1. The number of anilines is 2. The molecule has 3 aromatic carbocycles. The van der Waals surface area contributed by atoms with Gasteiger partial charge in [0.1, 0.15) is 36.0 Å². The first-order valence-corrected chi connectivity index (χ1v) is 14.2. The zero-order valence-electron chi connectivity index (χ0n) is 23.5. The first kappa shape index (κ1) is 29.0. The van der Waals surface area contributed by atoms with Crippen molar-refractivity contribution >= 4 is 39.9 Å². The van der Waals surface area contributed by atoms with Crippen molar-refractivity contribution in [1.82, 2.24) is 25.2 Å². The van der Waals surface area contributed by atoms with E-state index < -0.39 is 0 Å². The fourth-order valence-corrected chi connectivity index (χ4v) is 4.85. The van der Waals surface area contributed by atoms with Crippen LogP contribution in [0.4, 0.5) is 15.9 Å². The van der Waals surface area contributed by atoms with Gasteiger partial charge in [-0.15, -0.1) is 0 Å². The summed E-state index contributed by atoms with van der Waals surface area (Å²) in [6.45, 7) is 7.71. The van der Waals surface area contributed by atoms with E-state index in [1.807, 2.05) is 36.5 Å². The van der Waals surface area contributed by atoms with Crippen LogP contribution in [0.1, 0.15) is 29.9 Å². The fraction of sp³-hybridized carbons (Fsp3) is 0.219. The number of hydrogen-bond donors (Lipinski definition) is 3. The normalized spacial score (nSPS) is 11.2. The molecule has 0 radical (unpaired) electrons. The van der Waals surface area contributed by atoms with Crippen molar-refractivity contribution in [2.24, 2.45) is 0 Å². The monoisotopic (exact) mass is 586 g/mol. The Morgan fingerprint density at radius 1 is 1.02 bits per heavy atom. The molecule has 5 rings (SSSR count). The number of benzene rings is 3. The number of nitrogens with one attached hydrogen (secondary N) is 3. The molecule has 0 unspecified atom stereocenters. The minimum Gasteiger partial charge on any atom is -0.487 e. The molecule has 216 valence electrons. The molecule has 0 aliphatic carbocycles. The Kier molecular flexibility index (Phi) is 9.31. The van der Waals surface area contributed by atoms with Gasteiger partial charge in [-0.3, -0.25) is 4.79 Å². The third kappa shape index (κ3) is 7.05. The third-order valence-electron chi connectivity index (χ3n) is 6.98. The van der Waals surface area contributed by atoms with Crippen molar-refractivity contribution in [2.45, 2.75) is 20.5 Å². The summed E-state index contributed by atoms with van der Waals surface area (Å²) in [6, 6.07) is 19.3. The van der Waals surface area contributed by atoms with Gasteiger partial charge in [-0.25, -0.2) is 14.4 Å². The molecule has 10 heteroatoms. The van der Waals surface area contributed by atoms with Gasteiger partial charge in [-0.2, -0.15) is 0 Å². The Bertz CT molecular complexity index is 1690. The number of carbonyl (C=O) groups excluding carboxylic acids is 1. The predicted molar refractivity (Wildman–Crippen MR) is 165 cm³/mol. The molecule has 8 nitrogen and oxygen atoms in total. The predicted octanol–water partition coefficient (Wildman–Crippen LogP) is 6.81. The highest BCUT2D eigenvalue weighted by atomic mass is 35.5. The largest absolute Gasteiger partial charge is 0.487 e. The zero-order valence-corrected chi connectivity index (χ0v) is 24.2. The Balaban J connectivity index is 1.29. The Morgan fingerprint density at radius 2 is 1.88 bits per heavy atom. The standard InChI is InChI=1S/C32H32ClFN6O2/c1-3-40(4-2)13-12-35-32(41)29-16-23(18-36-29)22-8-10-28-26(15-22)31(38-20-37-28)39-25-9-11-30(27(33)17-25)42-19-21-6-5-7-24(34)14-21/h5-11,14-18,20,36H,3-4,12-13,19H2,1-2H3,(H,35,41)(H,37,38,39). The van der Waals surface area contributed by atoms with Gasteiger partial charge in [0.05, 0.1) is 10.5 Å².